The second-order valence-electron chi connectivity index (χ2n) is 16.5. The normalized spacial score (nSPS) is 13.0. The minimum atomic E-state index is -2.61. The number of para-hydroxylation sites is 2. The molecule has 0 bridgehead atoms. The van der Waals surface area contributed by atoms with Crippen molar-refractivity contribution >= 4 is 67.8 Å². The number of fused-ring (bicyclic) bond motifs is 6. The lowest BCUT2D eigenvalue weighted by atomic mass is 9.82. The van der Waals surface area contributed by atoms with Gasteiger partial charge in [0.25, 0.3) is 0 Å². The molecule has 1 heterocycles. The molecule has 0 saturated heterocycles. The zero-order chi connectivity index (χ0) is 40.3. The van der Waals surface area contributed by atoms with E-state index in [9.17, 15) is 0 Å². The van der Waals surface area contributed by atoms with Crippen LogP contribution in [0.4, 0.5) is 17.1 Å². The van der Waals surface area contributed by atoms with Crippen molar-refractivity contribution in [3.8, 4) is 22.3 Å². The predicted molar refractivity (Wildman–Crippen MR) is 255 cm³/mol. The molecular formula is C57H43NOSi. The van der Waals surface area contributed by atoms with E-state index in [2.05, 4.69) is 237 Å². The standard InChI is InChI=1S/C57H43NOSi/c1-57(2)52-26-14-12-23-48(52)49-38-35-43(39-53(49)57)58(54-27-16-25-51-50-24-13-15-28-55(50)59-56(51)54)42-33-29-40(30-34-42)41-31-36-47(37-32-41)60(44-17-6-3-7-18-44,45-19-8-4-9-20-45)46-21-10-5-11-22-46/h3-39H,1-2H3. The van der Waals surface area contributed by atoms with Crippen molar-refractivity contribution in [1.82, 2.24) is 0 Å². The Hall–Kier alpha value is -7.20. The Kier molecular flexibility index (Phi) is 8.54. The molecule has 3 heteroatoms. The number of nitrogens with zero attached hydrogens (tertiary/aromatic N) is 1. The van der Waals surface area contributed by atoms with E-state index in [1.54, 1.807) is 0 Å². The van der Waals surface area contributed by atoms with Crippen LogP contribution in [0.5, 0.6) is 0 Å². The summed E-state index contributed by atoms with van der Waals surface area (Å²) < 4.78 is 6.68. The highest BCUT2D eigenvalue weighted by molar-refractivity contribution is 7.19. The summed E-state index contributed by atoms with van der Waals surface area (Å²) in [5, 5.41) is 7.71. The van der Waals surface area contributed by atoms with Gasteiger partial charge in [-0.1, -0.05) is 202 Å². The first-order valence-corrected chi connectivity index (χ1v) is 22.8. The van der Waals surface area contributed by atoms with Crippen LogP contribution in [0, 0.1) is 0 Å². The molecule has 1 aliphatic rings. The van der Waals surface area contributed by atoms with Crippen molar-refractivity contribution in [2.45, 2.75) is 19.3 Å². The lowest BCUT2D eigenvalue weighted by molar-refractivity contribution is 0.660. The van der Waals surface area contributed by atoms with E-state index in [-0.39, 0.29) is 5.41 Å². The summed E-state index contributed by atoms with van der Waals surface area (Å²) in [6.45, 7) is 4.69. The van der Waals surface area contributed by atoms with Crippen LogP contribution < -0.4 is 25.6 Å². The maximum atomic E-state index is 6.68. The molecule has 0 spiro atoms. The number of hydrogen-bond acceptors (Lipinski definition) is 2. The number of anilines is 3. The molecule has 0 amide bonds. The van der Waals surface area contributed by atoms with Crippen LogP contribution in [-0.2, 0) is 5.41 Å². The van der Waals surface area contributed by atoms with Crippen LogP contribution in [0.2, 0.25) is 0 Å². The third-order valence-corrected chi connectivity index (χ3v) is 17.6. The van der Waals surface area contributed by atoms with E-state index in [1.165, 1.54) is 54.1 Å². The second kappa shape index (κ2) is 14.3. The van der Waals surface area contributed by atoms with E-state index in [4.69, 9.17) is 4.42 Å². The summed E-state index contributed by atoms with van der Waals surface area (Å²) in [5.41, 5.74) is 12.5. The summed E-state index contributed by atoms with van der Waals surface area (Å²) >= 11 is 0. The van der Waals surface area contributed by atoms with E-state index in [0.29, 0.717) is 0 Å². The third kappa shape index (κ3) is 5.61. The average molecular weight is 786 g/mol. The topological polar surface area (TPSA) is 16.4 Å². The lowest BCUT2D eigenvalue weighted by Crippen LogP contribution is -2.74. The number of furan rings is 1. The fraction of sp³-hybridized carbons (Fsp3) is 0.0526. The maximum Gasteiger partial charge on any atom is 0.179 e. The zero-order valence-electron chi connectivity index (χ0n) is 33.7. The van der Waals surface area contributed by atoms with Crippen LogP contribution in [-0.4, -0.2) is 8.07 Å². The van der Waals surface area contributed by atoms with E-state index in [1.807, 2.05) is 6.07 Å². The van der Waals surface area contributed by atoms with Crippen LogP contribution in [0.25, 0.3) is 44.2 Å². The molecule has 0 N–H and O–H groups in total. The van der Waals surface area contributed by atoms with Crippen LogP contribution in [0.3, 0.4) is 0 Å². The van der Waals surface area contributed by atoms with Crippen molar-refractivity contribution < 1.29 is 4.42 Å². The molecule has 0 saturated carbocycles. The van der Waals surface area contributed by atoms with E-state index < -0.39 is 8.07 Å². The first kappa shape index (κ1) is 35.9. The highest BCUT2D eigenvalue weighted by atomic mass is 28.3. The monoisotopic (exact) mass is 785 g/mol. The maximum absolute atomic E-state index is 6.68. The van der Waals surface area contributed by atoms with E-state index in [0.717, 1.165) is 39.0 Å². The molecular weight excluding hydrogens is 743 g/mol. The SMILES string of the molecule is CC1(C)c2ccccc2-c2ccc(N(c3ccc(-c4ccc([Si](c5ccccc5)(c5ccccc5)c5ccccc5)cc4)cc3)c3cccc4c3oc3ccccc34)cc21. The lowest BCUT2D eigenvalue weighted by Gasteiger charge is -2.34. The van der Waals surface area contributed by atoms with Crippen molar-refractivity contribution in [2.24, 2.45) is 0 Å². The van der Waals surface area contributed by atoms with Gasteiger partial charge in [-0.3, -0.25) is 0 Å². The minimum absolute atomic E-state index is 0.128. The Morgan fingerprint density at radius 1 is 0.400 bits per heavy atom. The number of benzene rings is 9. The molecule has 11 rings (SSSR count). The van der Waals surface area contributed by atoms with Gasteiger partial charge in [0.15, 0.2) is 13.7 Å². The Morgan fingerprint density at radius 3 is 1.55 bits per heavy atom. The highest BCUT2D eigenvalue weighted by Crippen LogP contribution is 2.51. The summed E-state index contributed by atoms with van der Waals surface area (Å²) in [7, 11) is -2.61. The fourth-order valence-electron chi connectivity index (χ4n) is 9.95. The van der Waals surface area contributed by atoms with Gasteiger partial charge in [-0.25, -0.2) is 0 Å². The molecule has 2 nitrogen and oxygen atoms in total. The van der Waals surface area contributed by atoms with Gasteiger partial charge >= 0.3 is 0 Å². The minimum Gasteiger partial charge on any atom is -0.454 e. The van der Waals surface area contributed by atoms with Gasteiger partial charge in [-0.05, 0) is 90.5 Å². The molecule has 0 radical (unpaired) electrons. The average Bonchev–Trinajstić information content (AvgIpc) is 3.81. The van der Waals surface area contributed by atoms with Crippen LogP contribution >= 0.6 is 0 Å². The van der Waals surface area contributed by atoms with Crippen molar-refractivity contribution in [1.29, 1.82) is 0 Å². The van der Waals surface area contributed by atoms with Crippen LogP contribution in [0.1, 0.15) is 25.0 Å². The fourth-order valence-corrected chi connectivity index (χ4v) is 14.7. The van der Waals surface area contributed by atoms with Crippen molar-refractivity contribution in [3.05, 3.63) is 236 Å². The predicted octanol–water partition coefficient (Wildman–Crippen LogP) is 12.4. The number of rotatable bonds is 8. The summed E-state index contributed by atoms with van der Waals surface area (Å²) in [6, 6.07) is 82.4. The Labute approximate surface area is 352 Å². The molecule has 0 atom stereocenters. The van der Waals surface area contributed by atoms with Gasteiger partial charge in [0, 0.05) is 27.6 Å². The smallest absolute Gasteiger partial charge is 0.179 e. The zero-order valence-corrected chi connectivity index (χ0v) is 34.7. The molecule has 1 aromatic heterocycles. The van der Waals surface area contributed by atoms with Gasteiger partial charge in [0.05, 0.1) is 5.69 Å². The molecule has 60 heavy (non-hydrogen) atoms. The molecule has 10 aromatic rings. The van der Waals surface area contributed by atoms with Gasteiger partial charge in [0.1, 0.15) is 5.58 Å². The van der Waals surface area contributed by atoms with Gasteiger partial charge in [-0.2, -0.15) is 0 Å². The Bertz CT molecular complexity index is 3050. The number of hydrogen-bond donors (Lipinski definition) is 0. The van der Waals surface area contributed by atoms with Crippen molar-refractivity contribution in [3.63, 3.8) is 0 Å². The summed E-state index contributed by atoms with van der Waals surface area (Å²) in [4.78, 5) is 2.37. The van der Waals surface area contributed by atoms with Crippen LogP contribution in [0.15, 0.2) is 229 Å². The van der Waals surface area contributed by atoms with E-state index >= 15 is 0 Å². The molecule has 0 unspecified atom stereocenters. The summed E-state index contributed by atoms with van der Waals surface area (Å²) in [6.07, 6.45) is 0. The quantitative estimate of drug-likeness (QED) is 0.113. The molecule has 286 valence electrons. The van der Waals surface area contributed by atoms with Gasteiger partial charge in [0.2, 0.25) is 0 Å². The first-order chi connectivity index (χ1) is 29.5. The van der Waals surface area contributed by atoms with Gasteiger partial charge < -0.3 is 9.32 Å². The highest BCUT2D eigenvalue weighted by Gasteiger charge is 2.41. The molecule has 0 fully saturated rings. The summed E-state index contributed by atoms with van der Waals surface area (Å²) in [5.74, 6) is 0. The second-order valence-corrected chi connectivity index (χ2v) is 20.3. The molecule has 0 aliphatic heterocycles. The largest absolute Gasteiger partial charge is 0.454 e. The molecule has 1 aliphatic carbocycles. The third-order valence-electron chi connectivity index (χ3n) is 12.8. The molecule has 9 aromatic carbocycles. The Morgan fingerprint density at radius 2 is 0.900 bits per heavy atom. The first-order valence-electron chi connectivity index (χ1n) is 20.8. The van der Waals surface area contributed by atoms with Gasteiger partial charge in [-0.15, -0.1) is 0 Å². The van der Waals surface area contributed by atoms with Crippen molar-refractivity contribution in [2.75, 3.05) is 4.90 Å². The Balaban J connectivity index is 1.03.